The van der Waals surface area contributed by atoms with E-state index in [1.54, 1.807) is 6.07 Å². The SMILES string of the molecule is Cc1ccccc1N(C)c1ccc(F)cc1C(C)N. The fourth-order valence-corrected chi connectivity index (χ4v) is 2.27. The van der Waals surface area contributed by atoms with Crippen molar-refractivity contribution in [3.05, 3.63) is 59.4 Å². The summed E-state index contributed by atoms with van der Waals surface area (Å²) in [6.45, 7) is 3.92. The van der Waals surface area contributed by atoms with E-state index < -0.39 is 0 Å². The van der Waals surface area contributed by atoms with Crippen LogP contribution in [0.2, 0.25) is 0 Å². The van der Waals surface area contributed by atoms with E-state index in [4.69, 9.17) is 5.73 Å². The summed E-state index contributed by atoms with van der Waals surface area (Å²) >= 11 is 0. The van der Waals surface area contributed by atoms with Crippen molar-refractivity contribution in [2.24, 2.45) is 5.73 Å². The number of halogens is 1. The predicted octanol–water partition coefficient (Wildman–Crippen LogP) is 3.92. The van der Waals surface area contributed by atoms with Crippen molar-refractivity contribution in [2.75, 3.05) is 11.9 Å². The molecule has 2 rings (SSSR count). The van der Waals surface area contributed by atoms with Gasteiger partial charge in [-0.2, -0.15) is 0 Å². The highest BCUT2D eigenvalue weighted by Gasteiger charge is 2.14. The maximum atomic E-state index is 13.4. The van der Waals surface area contributed by atoms with Gasteiger partial charge in [0.15, 0.2) is 0 Å². The molecule has 2 nitrogen and oxygen atoms in total. The van der Waals surface area contributed by atoms with Gasteiger partial charge in [-0.25, -0.2) is 4.39 Å². The number of rotatable bonds is 3. The van der Waals surface area contributed by atoms with Crippen LogP contribution in [0, 0.1) is 12.7 Å². The van der Waals surface area contributed by atoms with Crippen molar-refractivity contribution in [3.8, 4) is 0 Å². The average molecular weight is 258 g/mol. The second kappa shape index (κ2) is 5.41. The van der Waals surface area contributed by atoms with Gasteiger partial charge in [-0.15, -0.1) is 0 Å². The van der Waals surface area contributed by atoms with Crippen LogP contribution in [0.5, 0.6) is 0 Å². The molecular weight excluding hydrogens is 239 g/mol. The first kappa shape index (κ1) is 13.6. The maximum Gasteiger partial charge on any atom is 0.123 e. The molecule has 0 saturated heterocycles. The molecule has 0 spiro atoms. The second-order valence-electron chi connectivity index (χ2n) is 4.84. The van der Waals surface area contributed by atoms with Crippen molar-refractivity contribution in [1.29, 1.82) is 0 Å². The van der Waals surface area contributed by atoms with E-state index in [1.165, 1.54) is 17.7 Å². The monoisotopic (exact) mass is 258 g/mol. The quantitative estimate of drug-likeness (QED) is 0.904. The molecule has 1 atom stereocenters. The lowest BCUT2D eigenvalue weighted by molar-refractivity contribution is 0.622. The second-order valence-corrected chi connectivity index (χ2v) is 4.84. The molecule has 2 aromatic rings. The van der Waals surface area contributed by atoms with Gasteiger partial charge in [0, 0.05) is 24.5 Å². The van der Waals surface area contributed by atoms with Gasteiger partial charge >= 0.3 is 0 Å². The van der Waals surface area contributed by atoms with Gasteiger partial charge < -0.3 is 10.6 Å². The van der Waals surface area contributed by atoms with E-state index in [1.807, 2.05) is 37.1 Å². The zero-order valence-electron chi connectivity index (χ0n) is 11.5. The Morgan fingerprint density at radius 1 is 1.11 bits per heavy atom. The number of aryl methyl sites for hydroxylation is 1. The summed E-state index contributed by atoms with van der Waals surface area (Å²) in [5.41, 5.74) is 9.96. The molecular formula is C16H19FN2. The summed E-state index contributed by atoms with van der Waals surface area (Å²) in [6, 6.07) is 12.6. The summed E-state index contributed by atoms with van der Waals surface area (Å²) in [5.74, 6) is -0.255. The van der Waals surface area contributed by atoms with E-state index in [0.717, 1.165) is 16.9 Å². The van der Waals surface area contributed by atoms with Crippen LogP contribution in [0.1, 0.15) is 24.1 Å². The Morgan fingerprint density at radius 3 is 2.42 bits per heavy atom. The number of para-hydroxylation sites is 1. The molecule has 0 aliphatic rings. The molecule has 0 radical (unpaired) electrons. The minimum Gasteiger partial charge on any atom is -0.344 e. The Bertz CT molecular complexity index is 579. The van der Waals surface area contributed by atoms with Crippen LogP contribution < -0.4 is 10.6 Å². The summed E-state index contributed by atoms with van der Waals surface area (Å²) in [7, 11) is 1.97. The Labute approximate surface area is 113 Å². The molecule has 0 heterocycles. The highest BCUT2D eigenvalue weighted by Crippen LogP contribution is 2.32. The number of hydrogen-bond acceptors (Lipinski definition) is 2. The predicted molar refractivity (Wildman–Crippen MR) is 78.2 cm³/mol. The van der Waals surface area contributed by atoms with E-state index in [0.29, 0.717) is 0 Å². The van der Waals surface area contributed by atoms with Crippen LogP contribution >= 0.6 is 0 Å². The zero-order valence-corrected chi connectivity index (χ0v) is 11.5. The van der Waals surface area contributed by atoms with Gasteiger partial charge in [-0.1, -0.05) is 18.2 Å². The number of nitrogens with zero attached hydrogens (tertiary/aromatic N) is 1. The summed E-state index contributed by atoms with van der Waals surface area (Å²) < 4.78 is 13.4. The molecule has 2 N–H and O–H groups in total. The van der Waals surface area contributed by atoms with Gasteiger partial charge in [0.25, 0.3) is 0 Å². The zero-order chi connectivity index (χ0) is 14.0. The highest BCUT2D eigenvalue weighted by atomic mass is 19.1. The third-order valence-electron chi connectivity index (χ3n) is 3.32. The third-order valence-corrected chi connectivity index (χ3v) is 3.32. The first-order valence-electron chi connectivity index (χ1n) is 6.35. The van der Waals surface area contributed by atoms with Gasteiger partial charge in [0.2, 0.25) is 0 Å². The van der Waals surface area contributed by atoms with Gasteiger partial charge in [0.05, 0.1) is 0 Å². The molecule has 2 aromatic carbocycles. The van der Waals surface area contributed by atoms with Crippen molar-refractivity contribution >= 4 is 11.4 Å². The van der Waals surface area contributed by atoms with E-state index in [-0.39, 0.29) is 11.9 Å². The average Bonchev–Trinajstić information content (AvgIpc) is 2.38. The minimum absolute atomic E-state index is 0.211. The minimum atomic E-state index is -0.255. The van der Waals surface area contributed by atoms with Crippen molar-refractivity contribution in [3.63, 3.8) is 0 Å². The van der Waals surface area contributed by atoms with Crippen molar-refractivity contribution < 1.29 is 4.39 Å². The molecule has 19 heavy (non-hydrogen) atoms. The van der Waals surface area contributed by atoms with Crippen LogP contribution in [0.25, 0.3) is 0 Å². The van der Waals surface area contributed by atoms with Crippen molar-refractivity contribution in [1.82, 2.24) is 0 Å². The lowest BCUT2D eigenvalue weighted by Gasteiger charge is -2.25. The van der Waals surface area contributed by atoms with E-state index in [9.17, 15) is 4.39 Å². The van der Waals surface area contributed by atoms with Crippen LogP contribution in [0.3, 0.4) is 0 Å². The van der Waals surface area contributed by atoms with Crippen LogP contribution in [0.4, 0.5) is 15.8 Å². The number of nitrogens with two attached hydrogens (primary N) is 1. The number of benzene rings is 2. The van der Waals surface area contributed by atoms with Gasteiger partial charge in [-0.05, 0) is 49.2 Å². The largest absolute Gasteiger partial charge is 0.344 e. The van der Waals surface area contributed by atoms with Crippen molar-refractivity contribution in [2.45, 2.75) is 19.9 Å². The Kier molecular flexibility index (Phi) is 3.86. The van der Waals surface area contributed by atoms with Gasteiger partial charge in [0.1, 0.15) is 5.82 Å². The van der Waals surface area contributed by atoms with Crippen LogP contribution in [0.15, 0.2) is 42.5 Å². The first-order valence-corrected chi connectivity index (χ1v) is 6.35. The van der Waals surface area contributed by atoms with Crippen LogP contribution in [-0.4, -0.2) is 7.05 Å². The lowest BCUT2D eigenvalue weighted by atomic mass is 10.0. The molecule has 0 aliphatic carbocycles. The normalized spacial score (nSPS) is 12.3. The van der Waals surface area contributed by atoms with Gasteiger partial charge in [-0.3, -0.25) is 0 Å². The fraction of sp³-hybridized carbons (Fsp3) is 0.250. The molecule has 0 saturated carbocycles. The molecule has 1 unspecified atom stereocenters. The molecule has 0 bridgehead atoms. The lowest BCUT2D eigenvalue weighted by Crippen LogP contribution is -2.16. The highest BCUT2D eigenvalue weighted by molar-refractivity contribution is 5.68. The van der Waals surface area contributed by atoms with Crippen LogP contribution in [-0.2, 0) is 0 Å². The topological polar surface area (TPSA) is 29.3 Å². The number of hydrogen-bond donors (Lipinski definition) is 1. The summed E-state index contributed by atoms with van der Waals surface area (Å²) in [4.78, 5) is 2.05. The Balaban J connectivity index is 2.50. The Hall–Kier alpha value is -1.87. The molecule has 3 heteroatoms. The first-order chi connectivity index (χ1) is 9.00. The third kappa shape index (κ3) is 2.76. The number of anilines is 2. The smallest absolute Gasteiger partial charge is 0.123 e. The molecule has 0 aromatic heterocycles. The molecule has 100 valence electrons. The van der Waals surface area contributed by atoms with E-state index >= 15 is 0 Å². The maximum absolute atomic E-state index is 13.4. The summed E-state index contributed by atoms with van der Waals surface area (Å²) in [5, 5.41) is 0. The molecule has 0 amide bonds. The molecule has 0 aliphatic heterocycles. The fourth-order valence-electron chi connectivity index (χ4n) is 2.27. The van der Waals surface area contributed by atoms with E-state index in [2.05, 4.69) is 13.0 Å². The molecule has 0 fully saturated rings. The Morgan fingerprint density at radius 2 is 1.79 bits per heavy atom. The standard InChI is InChI=1S/C16H19FN2/c1-11-6-4-5-7-15(11)19(3)16-9-8-13(17)10-14(16)12(2)18/h4-10,12H,18H2,1-3H3. The summed E-state index contributed by atoms with van der Waals surface area (Å²) in [6.07, 6.45) is 0.